The molecule has 1 aromatic carbocycles. The van der Waals surface area contributed by atoms with E-state index < -0.39 is 20.9 Å². The molecule has 0 radical (unpaired) electrons. The van der Waals surface area contributed by atoms with Crippen molar-refractivity contribution in [3.63, 3.8) is 0 Å². The summed E-state index contributed by atoms with van der Waals surface area (Å²) >= 11 is 0. The molecule has 88 valence electrons. The highest BCUT2D eigenvalue weighted by Crippen LogP contribution is 2.09. The summed E-state index contributed by atoms with van der Waals surface area (Å²) in [4.78, 5) is 11.6. The Hall–Kier alpha value is -1.20. The lowest BCUT2D eigenvalue weighted by Gasteiger charge is -2.03. The van der Waals surface area contributed by atoms with E-state index in [0.717, 1.165) is 5.56 Å². The number of hydrogen-bond acceptors (Lipinski definition) is 4. The molecule has 0 aliphatic heterocycles. The van der Waals surface area contributed by atoms with Gasteiger partial charge in [0.05, 0.1) is 0 Å². The van der Waals surface area contributed by atoms with Gasteiger partial charge in [0.15, 0.2) is 5.94 Å². The molecule has 0 N–H and O–H groups in total. The molecule has 0 aromatic heterocycles. The van der Waals surface area contributed by atoms with Crippen LogP contribution in [0, 0.1) is 6.92 Å². The van der Waals surface area contributed by atoms with Gasteiger partial charge in [0.2, 0.25) is 9.84 Å². The van der Waals surface area contributed by atoms with Crippen LogP contribution in [0.2, 0.25) is 0 Å². The molecule has 0 fully saturated rings. The average molecular weight is 242 g/mol. The standard InChI is InChI=1S/C11H14O4S/c1-3-15-8-16(13,14)11(12)10-6-4-9(2)5-7-10/h4-7H,3,8H2,1-2H3. The summed E-state index contributed by atoms with van der Waals surface area (Å²) in [6.07, 6.45) is 0. The smallest absolute Gasteiger partial charge is 0.279 e. The quantitative estimate of drug-likeness (QED) is 0.803. The summed E-state index contributed by atoms with van der Waals surface area (Å²) < 4.78 is 27.8. The molecule has 16 heavy (non-hydrogen) atoms. The van der Waals surface area contributed by atoms with Crippen LogP contribution in [-0.2, 0) is 14.6 Å². The van der Waals surface area contributed by atoms with Crippen molar-refractivity contribution in [2.24, 2.45) is 0 Å². The maximum Gasteiger partial charge on any atom is 0.279 e. The fourth-order valence-electron chi connectivity index (χ4n) is 1.12. The van der Waals surface area contributed by atoms with Gasteiger partial charge in [-0.25, -0.2) is 8.42 Å². The fourth-order valence-corrected chi connectivity index (χ4v) is 2.10. The Morgan fingerprint density at radius 2 is 1.81 bits per heavy atom. The van der Waals surface area contributed by atoms with E-state index in [-0.39, 0.29) is 12.2 Å². The van der Waals surface area contributed by atoms with Gasteiger partial charge in [-0.2, -0.15) is 0 Å². The van der Waals surface area contributed by atoms with E-state index in [1.165, 1.54) is 12.1 Å². The number of carbonyl (C=O) groups is 1. The number of hydrogen-bond donors (Lipinski definition) is 0. The van der Waals surface area contributed by atoms with Gasteiger partial charge in [0.1, 0.15) is 0 Å². The molecule has 0 spiro atoms. The Balaban J connectivity index is 2.89. The van der Waals surface area contributed by atoms with Crippen molar-refractivity contribution in [3.8, 4) is 0 Å². The first-order valence-electron chi connectivity index (χ1n) is 4.89. The SMILES string of the molecule is CCOCS(=O)(=O)C(=O)c1ccc(C)cc1. The minimum absolute atomic E-state index is 0.172. The third-order valence-corrected chi connectivity index (χ3v) is 3.29. The second-order valence-corrected chi connectivity index (χ2v) is 5.21. The van der Waals surface area contributed by atoms with E-state index >= 15 is 0 Å². The monoisotopic (exact) mass is 242 g/mol. The topological polar surface area (TPSA) is 60.4 Å². The molecule has 0 heterocycles. The van der Waals surface area contributed by atoms with Crippen molar-refractivity contribution in [2.75, 3.05) is 12.5 Å². The molecule has 4 nitrogen and oxygen atoms in total. The van der Waals surface area contributed by atoms with Gasteiger partial charge in [-0.1, -0.05) is 29.8 Å². The molecular formula is C11H14O4S. The van der Waals surface area contributed by atoms with Gasteiger partial charge in [-0.3, -0.25) is 4.79 Å². The molecule has 5 heteroatoms. The first-order chi connectivity index (χ1) is 7.47. The zero-order chi connectivity index (χ0) is 12.2. The summed E-state index contributed by atoms with van der Waals surface area (Å²) in [6.45, 7) is 3.80. The van der Waals surface area contributed by atoms with Crippen molar-refractivity contribution < 1.29 is 17.9 Å². The van der Waals surface area contributed by atoms with Crippen molar-refractivity contribution in [1.82, 2.24) is 0 Å². The molecule has 0 bridgehead atoms. The number of sulfone groups is 1. The van der Waals surface area contributed by atoms with Crippen LogP contribution in [-0.4, -0.2) is 26.1 Å². The average Bonchev–Trinajstić information content (AvgIpc) is 2.26. The highest BCUT2D eigenvalue weighted by atomic mass is 32.2. The summed E-state index contributed by atoms with van der Waals surface area (Å²) in [5.41, 5.74) is 1.14. The van der Waals surface area contributed by atoms with Gasteiger partial charge in [0.25, 0.3) is 5.12 Å². The Morgan fingerprint density at radius 1 is 1.25 bits per heavy atom. The lowest BCUT2D eigenvalue weighted by molar-refractivity contribution is 0.106. The molecular weight excluding hydrogens is 228 g/mol. The Morgan fingerprint density at radius 3 is 2.31 bits per heavy atom. The van der Waals surface area contributed by atoms with Crippen molar-refractivity contribution in [3.05, 3.63) is 35.4 Å². The zero-order valence-corrected chi connectivity index (χ0v) is 10.1. The molecule has 1 rings (SSSR count). The summed E-state index contributed by atoms with van der Waals surface area (Å²) in [5, 5.41) is -0.888. The third-order valence-electron chi connectivity index (χ3n) is 2.01. The first kappa shape index (κ1) is 12.9. The van der Waals surface area contributed by atoms with E-state index in [2.05, 4.69) is 0 Å². The molecule has 0 amide bonds. The summed E-state index contributed by atoms with van der Waals surface area (Å²) in [5.74, 6) is -0.559. The molecule has 0 aliphatic carbocycles. The highest BCUT2D eigenvalue weighted by molar-refractivity contribution is 8.06. The maximum absolute atomic E-state index is 11.6. The van der Waals surface area contributed by atoms with E-state index in [9.17, 15) is 13.2 Å². The predicted octanol–water partition coefficient (Wildman–Crippen LogP) is 1.54. The molecule has 0 saturated carbocycles. The number of aryl methyl sites for hydroxylation is 1. The zero-order valence-electron chi connectivity index (χ0n) is 9.26. The van der Waals surface area contributed by atoms with Crippen LogP contribution in [0.3, 0.4) is 0 Å². The number of carbonyl (C=O) groups excluding carboxylic acids is 1. The summed E-state index contributed by atoms with van der Waals surface area (Å²) in [6, 6.07) is 6.40. The van der Waals surface area contributed by atoms with Crippen molar-refractivity contribution in [2.45, 2.75) is 13.8 Å². The molecule has 0 atom stereocenters. The predicted molar refractivity (Wildman–Crippen MR) is 60.9 cm³/mol. The Kier molecular flexibility index (Phi) is 4.20. The first-order valence-corrected chi connectivity index (χ1v) is 6.54. The van der Waals surface area contributed by atoms with Crippen LogP contribution in [0.5, 0.6) is 0 Å². The van der Waals surface area contributed by atoms with Crippen LogP contribution >= 0.6 is 0 Å². The van der Waals surface area contributed by atoms with Crippen LogP contribution in [0.25, 0.3) is 0 Å². The second kappa shape index (κ2) is 5.23. The van der Waals surface area contributed by atoms with E-state index in [1.807, 2.05) is 6.92 Å². The van der Waals surface area contributed by atoms with E-state index in [0.29, 0.717) is 0 Å². The minimum Gasteiger partial charge on any atom is -0.365 e. The van der Waals surface area contributed by atoms with Gasteiger partial charge in [-0.05, 0) is 13.8 Å². The van der Waals surface area contributed by atoms with Crippen molar-refractivity contribution >= 4 is 15.0 Å². The van der Waals surface area contributed by atoms with Crippen LogP contribution in [0.1, 0.15) is 22.8 Å². The van der Waals surface area contributed by atoms with Gasteiger partial charge in [-0.15, -0.1) is 0 Å². The fraction of sp³-hybridized carbons (Fsp3) is 0.364. The van der Waals surface area contributed by atoms with Crippen molar-refractivity contribution in [1.29, 1.82) is 0 Å². The summed E-state index contributed by atoms with van der Waals surface area (Å²) in [7, 11) is -3.85. The normalized spacial score (nSPS) is 11.4. The molecule has 0 saturated heterocycles. The second-order valence-electron chi connectivity index (χ2n) is 3.38. The maximum atomic E-state index is 11.6. The van der Waals surface area contributed by atoms with Crippen LogP contribution in [0.4, 0.5) is 0 Å². The Bertz CT molecular complexity index is 459. The van der Waals surface area contributed by atoms with Gasteiger partial charge >= 0.3 is 0 Å². The lowest BCUT2D eigenvalue weighted by Crippen LogP contribution is -2.20. The number of ether oxygens (including phenoxy) is 1. The molecule has 0 aliphatic rings. The van der Waals surface area contributed by atoms with Gasteiger partial charge in [0, 0.05) is 12.2 Å². The third kappa shape index (κ3) is 3.15. The highest BCUT2D eigenvalue weighted by Gasteiger charge is 2.23. The minimum atomic E-state index is -3.85. The van der Waals surface area contributed by atoms with Crippen LogP contribution in [0.15, 0.2) is 24.3 Å². The van der Waals surface area contributed by atoms with Crippen LogP contribution < -0.4 is 0 Å². The largest absolute Gasteiger partial charge is 0.365 e. The number of benzene rings is 1. The lowest BCUT2D eigenvalue weighted by atomic mass is 10.2. The molecule has 1 aromatic rings. The van der Waals surface area contributed by atoms with E-state index in [1.54, 1.807) is 19.1 Å². The van der Waals surface area contributed by atoms with E-state index in [4.69, 9.17) is 4.74 Å². The number of rotatable bonds is 4. The van der Waals surface area contributed by atoms with Gasteiger partial charge < -0.3 is 4.74 Å². The molecule has 0 unspecified atom stereocenters. The Labute approximate surface area is 95.2 Å².